The van der Waals surface area contributed by atoms with E-state index in [1.165, 1.54) is 0 Å². The van der Waals surface area contributed by atoms with E-state index in [1.807, 2.05) is 32.9 Å². The van der Waals surface area contributed by atoms with Crippen LogP contribution < -0.4 is 0 Å². The highest BCUT2D eigenvalue weighted by molar-refractivity contribution is 7.91. The highest BCUT2D eigenvalue weighted by Crippen LogP contribution is 2.37. The zero-order valence-corrected chi connectivity index (χ0v) is 27.3. The predicted octanol–water partition coefficient (Wildman–Crippen LogP) is 6.34. The van der Waals surface area contributed by atoms with Crippen molar-refractivity contribution in [3.63, 3.8) is 0 Å². The van der Waals surface area contributed by atoms with Gasteiger partial charge in [0.1, 0.15) is 15.5 Å². The number of hydrogen-bond acceptors (Lipinski definition) is 6. The van der Waals surface area contributed by atoms with E-state index in [0.29, 0.717) is 84.6 Å². The van der Waals surface area contributed by atoms with Gasteiger partial charge < -0.3 is 9.97 Å². The molecule has 0 aromatic carbocycles. The lowest BCUT2D eigenvalue weighted by atomic mass is 10.0. The van der Waals surface area contributed by atoms with Crippen molar-refractivity contribution in [3.05, 3.63) is 85.6 Å². The summed E-state index contributed by atoms with van der Waals surface area (Å²) >= 11 is 0. The van der Waals surface area contributed by atoms with Crippen molar-refractivity contribution in [2.24, 2.45) is 9.98 Å². The third-order valence-corrected chi connectivity index (χ3v) is 10.1. The normalized spacial score (nSPS) is 19.4. The first-order valence-electron chi connectivity index (χ1n) is 15.3. The summed E-state index contributed by atoms with van der Waals surface area (Å²) in [6.45, 7) is 7.98. The van der Waals surface area contributed by atoms with Crippen molar-refractivity contribution in [1.82, 2.24) is 9.97 Å². The van der Waals surface area contributed by atoms with Gasteiger partial charge in [0, 0.05) is 17.0 Å². The standard InChI is InChI=1S/C32H40N4O6S2/c1-5-9-19-17-27-29-31(43(37,38)39)22(12-8-4)26(35-29)16-14-24-20(10-6-2)18-28(34-24)30-32(44(40,41)42)21(11-7-3)25(36-30)15-13-23(19)33-27/h13,15,17-18,34-35H,5-12,14,16H2,1-4H3,(H,37,38,39)(H,40,41,42)/b23-13-,25-15-. The quantitative estimate of drug-likeness (QED) is 0.221. The highest BCUT2D eigenvalue weighted by atomic mass is 32.2. The first kappa shape index (κ1) is 32.1. The summed E-state index contributed by atoms with van der Waals surface area (Å²) in [5.74, 6) is 0. The Morgan fingerprint density at radius 2 is 1.43 bits per heavy atom. The number of allylic oxidation sites excluding steroid dienone is 6. The maximum atomic E-state index is 12.8. The van der Waals surface area contributed by atoms with Crippen LogP contribution in [0.4, 0.5) is 0 Å². The fourth-order valence-electron chi connectivity index (χ4n) is 6.36. The monoisotopic (exact) mass is 640 g/mol. The van der Waals surface area contributed by atoms with Crippen LogP contribution in [0.3, 0.4) is 0 Å². The van der Waals surface area contributed by atoms with Crippen LogP contribution in [0.25, 0.3) is 0 Å². The first-order valence-corrected chi connectivity index (χ1v) is 18.2. The number of H-pyrrole nitrogens is 2. The van der Waals surface area contributed by atoms with Gasteiger partial charge in [-0.1, -0.05) is 53.4 Å². The molecule has 0 saturated heterocycles. The van der Waals surface area contributed by atoms with Gasteiger partial charge in [-0.25, -0.2) is 9.98 Å². The third kappa shape index (κ3) is 6.13. The second-order valence-electron chi connectivity index (χ2n) is 11.5. The van der Waals surface area contributed by atoms with Crippen LogP contribution in [-0.4, -0.2) is 47.3 Å². The smallest absolute Gasteiger partial charge is 0.297 e. The van der Waals surface area contributed by atoms with Gasteiger partial charge in [-0.2, -0.15) is 16.8 Å². The molecule has 0 saturated carbocycles. The van der Waals surface area contributed by atoms with Gasteiger partial charge in [0.15, 0.2) is 0 Å². The summed E-state index contributed by atoms with van der Waals surface area (Å²) in [4.78, 5) is 16.0. The van der Waals surface area contributed by atoms with E-state index in [1.54, 1.807) is 12.2 Å². The molecular formula is C32H40N4O6S2. The predicted molar refractivity (Wildman–Crippen MR) is 173 cm³/mol. The van der Waals surface area contributed by atoms with E-state index < -0.39 is 20.2 Å². The van der Waals surface area contributed by atoms with Gasteiger partial charge in [0.05, 0.1) is 28.5 Å². The minimum absolute atomic E-state index is 0.124. The number of hydrogen-bond donors (Lipinski definition) is 4. The Labute approximate surface area is 259 Å². The second kappa shape index (κ2) is 12.6. The molecule has 0 spiro atoms. The average molecular weight is 641 g/mol. The Morgan fingerprint density at radius 3 is 2.07 bits per heavy atom. The van der Waals surface area contributed by atoms with E-state index in [2.05, 4.69) is 16.9 Å². The van der Waals surface area contributed by atoms with Gasteiger partial charge >= 0.3 is 0 Å². The van der Waals surface area contributed by atoms with E-state index in [9.17, 15) is 25.9 Å². The van der Waals surface area contributed by atoms with E-state index in [-0.39, 0.29) is 21.2 Å². The fourth-order valence-corrected chi connectivity index (χ4v) is 8.23. The molecular weight excluding hydrogens is 601 g/mol. The molecule has 5 rings (SSSR count). The lowest BCUT2D eigenvalue weighted by Crippen LogP contribution is -2.14. The van der Waals surface area contributed by atoms with Crippen molar-refractivity contribution in [2.75, 3.05) is 0 Å². The maximum Gasteiger partial charge on any atom is 0.297 e. The van der Waals surface area contributed by atoms with Gasteiger partial charge in [0.2, 0.25) is 0 Å². The lowest BCUT2D eigenvalue weighted by molar-refractivity contribution is 0.481. The molecule has 12 heteroatoms. The van der Waals surface area contributed by atoms with Crippen LogP contribution in [0.5, 0.6) is 0 Å². The Bertz CT molecular complexity index is 1900. The number of aliphatic imine (C=N–C) groups is 2. The SMILES string of the molecule is CCCC1=CC2=N/C1=C\C=C1/N=C(C(S(=O)(=O)O)=C1CCC)c1cc(CCC)c([nH]1)CCc1[nH]c2c(S(=O)(=O)O)c1CCC. The number of aryl methyl sites for hydroxylation is 3. The van der Waals surface area contributed by atoms with Crippen molar-refractivity contribution in [1.29, 1.82) is 0 Å². The molecule has 0 fully saturated rings. The third-order valence-electron chi connectivity index (χ3n) is 8.13. The summed E-state index contributed by atoms with van der Waals surface area (Å²) in [5.41, 5.74) is 6.82. The van der Waals surface area contributed by atoms with Crippen LogP contribution in [0.2, 0.25) is 0 Å². The lowest BCUT2D eigenvalue weighted by Gasteiger charge is -2.07. The molecule has 236 valence electrons. The van der Waals surface area contributed by atoms with Crippen LogP contribution in [0.1, 0.15) is 100 Å². The summed E-state index contributed by atoms with van der Waals surface area (Å²) in [7, 11) is -9.19. The molecule has 8 bridgehead atoms. The van der Waals surface area contributed by atoms with E-state index in [4.69, 9.17) is 9.98 Å². The zero-order chi connectivity index (χ0) is 31.8. The molecule has 0 aliphatic carbocycles. The molecule has 44 heavy (non-hydrogen) atoms. The first-order chi connectivity index (χ1) is 20.9. The van der Waals surface area contributed by atoms with Gasteiger partial charge in [0.25, 0.3) is 20.2 Å². The van der Waals surface area contributed by atoms with Gasteiger partial charge in [-0.3, -0.25) is 9.11 Å². The fraction of sp³-hybridized carbons (Fsp3) is 0.438. The number of fused-ring (bicyclic) bond motifs is 8. The summed E-state index contributed by atoms with van der Waals surface area (Å²) in [6.07, 6.45) is 11.5. The molecule has 0 radical (unpaired) electrons. The zero-order valence-electron chi connectivity index (χ0n) is 25.6. The number of nitrogens with one attached hydrogen (secondary N) is 2. The molecule has 4 N–H and O–H groups in total. The highest BCUT2D eigenvalue weighted by Gasteiger charge is 2.35. The Morgan fingerprint density at radius 1 is 0.773 bits per heavy atom. The van der Waals surface area contributed by atoms with E-state index in [0.717, 1.165) is 36.1 Å². The van der Waals surface area contributed by atoms with E-state index >= 15 is 0 Å². The van der Waals surface area contributed by atoms with Crippen LogP contribution in [0.15, 0.2) is 66.6 Å². The Kier molecular flexibility index (Phi) is 9.18. The number of aromatic nitrogens is 2. The molecule has 3 aliphatic heterocycles. The van der Waals surface area contributed by atoms with Crippen molar-refractivity contribution in [2.45, 2.75) is 96.8 Å². The molecule has 2 aromatic rings. The molecule has 0 amide bonds. The summed E-state index contributed by atoms with van der Waals surface area (Å²) < 4.78 is 72.2. The minimum Gasteiger partial charge on any atom is -0.357 e. The summed E-state index contributed by atoms with van der Waals surface area (Å²) in [5, 5.41) is 0. The van der Waals surface area contributed by atoms with Crippen molar-refractivity contribution in [3.8, 4) is 0 Å². The number of aromatic amines is 2. The Balaban J connectivity index is 1.83. The minimum atomic E-state index is -4.61. The van der Waals surface area contributed by atoms with Crippen LogP contribution in [-0.2, 0) is 45.9 Å². The number of rotatable bonds is 10. The van der Waals surface area contributed by atoms with Gasteiger partial charge in [-0.05, 0) is 79.5 Å². The number of nitrogens with zero attached hydrogens (tertiary/aromatic N) is 2. The molecule has 5 heterocycles. The summed E-state index contributed by atoms with van der Waals surface area (Å²) in [6, 6.07) is 1.90. The second-order valence-corrected chi connectivity index (χ2v) is 14.2. The van der Waals surface area contributed by atoms with Crippen LogP contribution in [0, 0.1) is 0 Å². The topological polar surface area (TPSA) is 165 Å². The molecule has 3 aliphatic rings. The molecule has 0 unspecified atom stereocenters. The van der Waals surface area contributed by atoms with Crippen molar-refractivity contribution >= 4 is 31.7 Å². The molecule has 0 atom stereocenters. The van der Waals surface area contributed by atoms with Gasteiger partial charge in [-0.15, -0.1) is 0 Å². The Hall–Kier alpha value is -3.32. The maximum absolute atomic E-state index is 12.8. The van der Waals surface area contributed by atoms with Crippen molar-refractivity contribution < 1.29 is 25.9 Å². The average Bonchev–Trinajstić information content (AvgIpc) is 3.70. The van der Waals surface area contributed by atoms with Crippen LogP contribution >= 0.6 is 0 Å². The molecule has 2 aromatic heterocycles. The molecule has 10 nitrogen and oxygen atoms in total. The largest absolute Gasteiger partial charge is 0.357 e.